The second kappa shape index (κ2) is 4.77. The molecule has 0 saturated carbocycles. The Morgan fingerprint density at radius 3 is 3.19 bits per heavy atom. The number of carbonyl (C=O) groups excluding carboxylic acids is 1. The third-order valence-corrected chi connectivity index (χ3v) is 4.73. The van der Waals surface area contributed by atoms with Crippen LogP contribution in [0.1, 0.15) is 29.6 Å². The average Bonchev–Trinajstić information content (AvgIpc) is 3.14. The number of carbonyl (C=O) groups is 1. The van der Waals surface area contributed by atoms with Crippen LogP contribution in [-0.4, -0.2) is 57.0 Å². The molecule has 0 unspecified atom stereocenters. The molecular formula is C14H18N6O. The molecule has 1 atom stereocenters. The Labute approximate surface area is 122 Å². The predicted octanol–water partition coefficient (Wildman–Crippen LogP) is 0.340. The minimum absolute atomic E-state index is 0.0861. The van der Waals surface area contributed by atoms with Crippen LogP contribution in [0.2, 0.25) is 0 Å². The van der Waals surface area contributed by atoms with Gasteiger partial charge in [0.05, 0.1) is 0 Å². The van der Waals surface area contributed by atoms with Gasteiger partial charge < -0.3 is 10.2 Å². The third kappa shape index (κ3) is 2.17. The van der Waals surface area contributed by atoms with Crippen molar-refractivity contribution in [1.29, 1.82) is 0 Å². The molecule has 2 saturated heterocycles. The van der Waals surface area contributed by atoms with Gasteiger partial charge >= 0.3 is 0 Å². The van der Waals surface area contributed by atoms with E-state index >= 15 is 0 Å². The highest BCUT2D eigenvalue weighted by molar-refractivity contribution is 5.95. The van der Waals surface area contributed by atoms with Crippen LogP contribution < -0.4 is 5.32 Å². The number of hydrogen-bond acceptors (Lipinski definition) is 5. The van der Waals surface area contributed by atoms with Crippen molar-refractivity contribution in [3.63, 3.8) is 0 Å². The Balaban J connectivity index is 1.54. The van der Waals surface area contributed by atoms with Crippen molar-refractivity contribution in [2.75, 3.05) is 26.2 Å². The van der Waals surface area contributed by atoms with Crippen molar-refractivity contribution >= 4 is 11.6 Å². The fraction of sp³-hybridized carbons (Fsp3) is 0.571. The van der Waals surface area contributed by atoms with Gasteiger partial charge in [-0.2, -0.15) is 0 Å². The van der Waals surface area contributed by atoms with Crippen molar-refractivity contribution in [2.24, 2.45) is 5.41 Å². The minimum atomic E-state index is 0.0861. The molecule has 1 N–H and O–H groups in total. The average molecular weight is 286 g/mol. The number of nitrogens with zero attached hydrogens (tertiary/aromatic N) is 5. The molecule has 4 rings (SSSR count). The number of hydrogen-bond donors (Lipinski definition) is 1. The molecule has 110 valence electrons. The van der Waals surface area contributed by atoms with Crippen LogP contribution in [-0.2, 0) is 0 Å². The Morgan fingerprint density at radius 2 is 2.33 bits per heavy atom. The van der Waals surface area contributed by atoms with Crippen LogP contribution in [0, 0.1) is 5.41 Å². The number of likely N-dealkylation sites (tertiary alicyclic amines) is 1. The van der Waals surface area contributed by atoms with Gasteiger partial charge in [-0.15, -0.1) is 5.10 Å². The largest absolute Gasteiger partial charge is 0.338 e. The topological polar surface area (TPSA) is 75.4 Å². The zero-order valence-corrected chi connectivity index (χ0v) is 11.8. The van der Waals surface area contributed by atoms with E-state index < -0.39 is 0 Å². The lowest BCUT2D eigenvalue weighted by molar-refractivity contribution is 0.0764. The summed E-state index contributed by atoms with van der Waals surface area (Å²) in [6.07, 6.45) is 5.26. The maximum absolute atomic E-state index is 12.7. The summed E-state index contributed by atoms with van der Waals surface area (Å²) in [5, 5.41) is 14.8. The van der Waals surface area contributed by atoms with Gasteiger partial charge in [0.1, 0.15) is 0 Å². The first kappa shape index (κ1) is 12.7. The fourth-order valence-corrected chi connectivity index (χ4v) is 3.54. The molecule has 21 heavy (non-hydrogen) atoms. The molecule has 0 aliphatic carbocycles. The number of pyridine rings is 1. The minimum Gasteiger partial charge on any atom is -0.338 e. The molecule has 1 amide bonds. The standard InChI is InChI=1S/C14H18N6O/c21-13(11-2-6-20-12(8-11)16-17-18-20)19-7-4-14(10-19)3-1-5-15-9-14/h2,6,8,15H,1,3-5,7,9-10H2/t14-/m0/s1. The molecule has 2 aromatic rings. The molecule has 7 nitrogen and oxygen atoms in total. The maximum atomic E-state index is 12.7. The van der Waals surface area contributed by atoms with E-state index in [0.29, 0.717) is 11.2 Å². The summed E-state index contributed by atoms with van der Waals surface area (Å²) in [4.78, 5) is 14.6. The first-order chi connectivity index (χ1) is 10.3. The van der Waals surface area contributed by atoms with Crippen molar-refractivity contribution in [3.05, 3.63) is 23.9 Å². The number of nitrogens with one attached hydrogen (secondary N) is 1. The predicted molar refractivity (Wildman–Crippen MR) is 75.8 cm³/mol. The summed E-state index contributed by atoms with van der Waals surface area (Å²) >= 11 is 0. The molecular weight excluding hydrogens is 268 g/mol. The second-order valence-corrected chi connectivity index (χ2v) is 6.15. The van der Waals surface area contributed by atoms with Gasteiger partial charge in [-0.25, -0.2) is 4.52 Å². The van der Waals surface area contributed by atoms with E-state index in [2.05, 4.69) is 20.8 Å². The lowest BCUT2D eigenvalue weighted by Gasteiger charge is -2.33. The lowest BCUT2D eigenvalue weighted by Crippen LogP contribution is -2.42. The number of fused-ring (bicyclic) bond motifs is 1. The number of aromatic nitrogens is 4. The number of amides is 1. The SMILES string of the molecule is O=C(c1ccn2nnnc2c1)N1CC[C@]2(CCCNC2)C1. The van der Waals surface area contributed by atoms with Gasteiger partial charge in [-0.3, -0.25) is 4.79 Å². The molecule has 4 heterocycles. The van der Waals surface area contributed by atoms with Crippen molar-refractivity contribution in [3.8, 4) is 0 Å². The molecule has 2 aliphatic rings. The first-order valence-electron chi connectivity index (χ1n) is 7.44. The van der Waals surface area contributed by atoms with E-state index in [0.717, 1.165) is 32.6 Å². The monoisotopic (exact) mass is 286 g/mol. The highest BCUT2D eigenvalue weighted by atomic mass is 16.2. The van der Waals surface area contributed by atoms with Crippen LogP contribution in [0.25, 0.3) is 5.65 Å². The molecule has 2 fully saturated rings. The summed E-state index contributed by atoms with van der Waals surface area (Å²) in [5.41, 5.74) is 1.56. The number of tetrazole rings is 1. The van der Waals surface area contributed by atoms with E-state index in [1.165, 1.54) is 12.8 Å². The summed E-state index contributed by atoms with van der Waals surface area (Å²) in [7, 11) is 0. The normalized spacial score (nSPS) is 25.8. The highest BCUT2D eigenvalue weighted by Gasteiger charge is 2.40. The van der Waals surface area contributed by atoms with Crippen LogP contribution >= 0.6 is 0 Å². The van der Waals surface area contributed by atoms with E-state index in [-0.39, 0.29) is 11.3 Å². The Morgan fingerprint density at radius 1 is 1.38 bits per heavy atom. The maximum Gasteiger partial charge on any atom is 0.254 e. The van der Waals surface area contributed by atoms with E-state index in [4.69, 9.17) is 0 Å². The molecule has 2 aliphatic heterocycles. The fourth-order valence-electron chi connectivity index (χ4n) is 3.54. The smallest absolute Gasteiger partial charge is 0.254 e. The second-order valence-electron chi connectivity index (χ2n) is 6.15. The zero-order chi connectivity index (χ0) is 14.3. The molecule has 0 bridgehead atoms. The van der Waals surface area contributed by atoms with Gasteiger partial charge in [-0.05, 0) is 48.4 Å². The molecule has 1 spiro atoms. The van der Waals surface area contributed by atoms with Crippen LogP contribution in [0.5, 0.6) is 0 Å². The molecule has 0 aromatic carbocycles. The van der Waals surface area contributed by atoms with Crippen LogP contribution in [0.3, 0.4) is 0 Å². The van der Waals surface area contributed by atoms with Gasteiger partial charge in [0.2, 0.25) is 0 Å². The Hall–Kier alpha value is -2.02. The molecule has 7 heteroatoms. The summed E-state index contributed by atoms with van der Waals surface area (Å²) in [5.74, 6) is 0.0861. The first-order valence-corrected chi connectivity index (χ1v) is 7.44. The highest BCUT2D eigenvalue weighted by Crippen LogP contribution is 2.36. The molecule has 2 aromatic heterocycles. The lowest BCUT2D eigenvalue weighted by atomic mass is 9.80. The van der Waals surface area contributed by atoms with Gasteiger partial charge in [0.15, 0.2) is 5.65 Å². The Kier molecular flexibility index (Phi) is 2.88. The van der Waals surface area contributed by atoms with Gasteiger partial charge in [0.25, 0.3) is 5.91 Å². The third-order valence-electron chi connectivity index (χ3n) is 4.73. The van der Waals surface area contributed by atoms with Gasteiger partial charge in [-0.1, -0.05) is 0 Å². The number of piperidine rings is 1. The van der Waals surface area contributed by atoms with Crippen LogP contribution in [0.4, 0.5) is 0 Å². The number of rotatable bonds is 1. The van der Waals surface area contributed by atoms with Gasteiger partial charge in [0, 0.05) is 36.8 Å². The van der Waals surface area contributed by atoms with E-state index in [1.54, 1.807) is 22.8 Å². The molecule has 0 radical (unpaired) electrons. The van der Waals surface area contributed by atoms with Crippen molar-refractivity contribution in [2.45, 2.75) is 19.3 Å². The van der Waals surface area contributed by atoms with Crippen molar-refractivity contribution in [1.82, 2.24) is 30.3 Å². The summed E-state index contributed by atoms with van der Waals surface area (Å²) < 4.78 is 1.56. The van der Waals surface area contributed by atoms with E-state index in [9.17, 15) is 4.79 Å². The van der Waals surface area contributed by atoms with Crippen LogP contribution in [0.15, 0.2) is 18.3 Å². The van der Waals surface area contributed by atoms with E-state index in [1.807, 2.05) is 4.90 Å². The van der Waals surface area contributed by atoms with Crippen molar-refractivity contribution < 1.29 is 4.79 Å². The zero-order valence-electron chi connectivity index (χ0n) is 11.8. The summed E-state index contributed by atoms with van der Waals surface area (Å²) in [6, 6.07) is 3.54. The summed E-state index contributed by atoms with van der Waals surface area (Å²) in [6.45, 7) is 3.84. The Bertz CT molecular complexity index is 675. The quantitative estimate of drug-likeness (QED) is 0.818.